The highest BCUT2D eigenvalue weighted by atomic mass is 16.1. The summed E-state index contributed by atoms with van der Waals surface area (Å²) >= 11 is 0. The van der Waals surface area contributed by atoms with E-state index in [-0.39, 0.29) is 5.78 Å². The first-order valence-electron chi connectivity index (χ1n) is 6.55. The number of aromatic nitrogens is 2. The molecular weight excluding hydrogens is 236 g/mol. The van der Waals surface area contributed by atoms with Crippen molar-refractivity contribution >= 4 is 11.9 Å². The molecule has 0 radical (unpaired) electrons. The van der Waals surface area contributed by atoms with E-state index in [9.17, 15) is 4.79 Å². The van der Waals surface area contributed by atoms with E-state index in [1.54, 1.807) is 17.0 Å². The van der Waals surface area contributed by atoms with Gasteiger partial charge < -0.3 is 0 Å². The molecule has 0 bridgehead atoms. The molecule has 3 heteroatoms. The number of rotatable bonds is 3. The van der Waals surface area contributed by atoms with Gasteiger partial charge in [-0.05, 0) is 48.6 Å². The Morgan fingerprint density at radius 2 is 2.16 bits per heavy atom. The molecule has 1 aliphatic rings. The van der Waals surface area contributed by atoms with Crippen LogP contribution in [0.25, 0.3) is 6.08 Å². The third kappa shape index (κ3) is 2.50. The van der Waals surface area contributed by atoms with Gasteiger partial charge in [0, 0.05) is 24.4 Å². The molecule has 0 spiro atoms. The molecule has 0 saturated heterocycles. The molecule has 1 heterocycles. The van der Waals surface area contributed by atoms with Crippen molar-refractivity contribution in [1.82, 2.24) is 9.78 Å². The van der Waals surface area contributed by atoms with Gasteiger partial charge in [0.25, 0.3) is 0 Å². The number of hydrogen-bond donors (Lipinski definition) is 0. The first-order valence-corrected chi connectivity index (χ1v) is 6.55. The molecule has 2 aromatic rings. The van der Waals surface area contributed by atoms with Gasteiger partial charge in [0.1, 0.15) is 0 Å². The van der Waals surface area contributed by atoms with Gasteiger partial charge in [-0.3, -0.25) is 9.48 Å². The van der Waals surface area contributed by atoms with Gasteiger partial charge >= 0.3 is 0 Å². The van der Waals surface area contributed by atoms with Crippen LogP contribution in [0, 0.1) is 0 Å². The van der Waals surface area contributed by atoms with Crippen LogP contribution in [0.1, 0.15) is 33.5 Å². The smallest absolute Gasteiger partial charge is 0.185 e. The van der Waals surface area contributed by atoms with Crippen LogP contribution in [0.5, 0.6) is 0 Å². The molecule has 0 aliphatic heterocycles. The molecule has 96 valence electrons. The number of allylic oxidation sites excluding steroid dienone is 1. The number of carbonyl (C=O) groups excluding carboxylic acids is 1. The number of benzene rings is 1. The Morgan fingerprint density at radius 3 is 2.95 bits per heavy atom. The average Bonchev–Trinajstić information content (AvgIpc) is 3.03. The minimum absolute atomic E-state index is 0.0542. The summed E-state index contributed by atoms with van der Waals surface area (Å²) in [5, 5.41) is 4.07. The van der Waals surface area contributed by atoms with Crippen LogP contribution in [0.3, 0.4) is 0 Å². The molecule has 19 heavy (non-hydrogen) atoms. The maximum atomic E-state index is 12.1. The van der Waals surface area contributed by atoms with Crippen LogP contribution in [-0.4, -0.2) is 15.6 Å². The standard InChI is InChI=1S/C16H16N2O/c1-18-11-12(10-17-18)5-8-16(19)15-7-6-13-3-2-4-14(13)9-15/h5-11H,2-4H2,1H3/b8-5+. The van der Waals surface area contributed by atoms with Crippen molar-refractivity contribution in [1.29, 1.82) is 0 Å². The van der Waals surface area contributed by atoms with E-state index in [2.05, 4.69) is 11.2 Å². The molecule has 0 atom stereocenters. The lowest BCUT2D eigenvalue weighted by Crippen LogP contribution is -1.96. The zero-order chi connectivity index (χ0) is 13.2. The Balaban J connectivity index is 1.79. The number of carbonyl (C=O) groups is 1. The number of nitrogens with zero attached hydrogens (tertiary/aromatic N) is 2. The zero-order valence-corrected chi connectivity index (χ0v) is 11.0. The van der Waals surface area contributed by atoms with Gasteiger partial charge in [-0.25, -0.2) is 0 Å². The largest absolute Gasteiger partial charge is 0.289 e. The maximum absolute atomic E-state index is 12.1. The SMILES string of the molecule is Cn1cc(/C=C/C(=O)c2ccc3c(c2)CCC3)cn1. The van der Waals surface area contributed by atoms with Gasteiger partial charge in [-0.2, -0.15) is 5.10 Å². The van der Waals surface area contributed by atoms with Crippen LogP contribution in [0.15, 0.2) is 36.7 Å². The fraction of sp³-hybridized carbons (Fsp3) is 0.250. The summed E-state index contributed by atoms with van der Waals surface area (Å²) in [6, 6.07) is 6.06. The van der Waals surface area contributed by atoms with Gasteiger partial charge in [-0.15, -0.1) is 0 Å². The summed E-state index contributed by atoms with van der Waals surface area (Å²) in [6.45, 7) is 0. The van der Waals surface area contributed by atoms with E-state index in [1.165, 1.54) is 17.5 Å². The number of ketones is 1. The van der Waals surface area contributed by atoms with E-state index in [4.69, 9.17) is 0 Å². The molecule has 3 rings (SSSR count). The summed E-state index contributed by atoms with van der Waals surface area (Å²) in [4.78, 5) is 12.1. The van der Waals surface area contributed by atoms with Crippen molar-refractivity contribution in [3.8, 4) is 0 Å². The number of hydrogen-bond acceptors (Lipinski definition) is 2. The number of fused-ring (bicyclic) bond motifs is 1. The molecule has 0 saturated carbocycles. The quantitative estimate of drug-likeness (QED) is 0.622. The predicted octanol–water partition coefficient (Wildman–Crippen LogP) is 2.80. The van der Waals surface area contributed by atoms with E-state index in [0.717, 1.165) is 24.0 Å². The summed E-state index contributed by atoms with van der Waals surface area (Å²) in [7, 11) is 1.86. The van der Waals surface area contributed by atoms with Crippen LogP contribution in [-0.2, 0) is 19.9 Å². The van der Waals surface area contributed by atoms with Gasteiger partial charge in [0.15, 0.2) is 5.78 Å². The van der Waals surface area contributed by atoms with Crippen molar-refractivity contribution in [3.63, 3.8) is 0 Å². The van der Waals surface area contributed by atoms with E-state index < -0.39 is 0 Å². The summed E-state index contributed by atoms with van der Waals surface area (Å²) in [6.07, 6.45) is 10.5. The zero-order valence-electron chi connectivity index (χ0n) is 11.0. The summed E-state index contributed by atoms with van der Waals surface area (Å²) in [5.41, 5.74) is 4.45. The normalized spacial score (nSPS) is 13.9. The van der Waals surface area contributed by atoms with Crippen molar-refractivity contribution in [2.24, 2.45) is 7.05 Å². The van der Waals surface area contributed by atoms with E-state index in [0.29, 0.717) is 0 Å². The molecular formula is C16H16N2O. The van der Waals surface area contributed by atoms with Crippen molar-refractivity contribution in [3.05, 3.63) is 58.9 Å². The maximum Gasteiger partial charge on any atom is 0.185 e. The minimum Gasteiger partial charge on any atom is -0.289 e. The van der Waals surface area contributed by atoms with Gasteiger partial charge in [0.05, 0.1) is 6.20 Å². The lowest BCUT2D eigenvalue weighted by Gasteiger charge is -2.01. The highest BCUT2D eigenvalue weighted by Gasteiger charge is 2.12. The Bertz CT molecular complexity index is 653. The molecule has 3 nitrogen and oxygen atoms in total. The highest BCUT2D eigenvalue weighted by molar-refractivity contribution is 6.06. The molecule has 0 N–H and O–H groups in total. The number of aryl methyl sites for hydroxylation is 3. The van der Waals surface area contributed by atoms with Crippen LogP contribution in [0.4, 0.5) is 0 Å². The van der Waals surface area contributed by atoms with Crippen molar-refractivity contribution in [2.75, 3.05) is 0 Å². The average molecular weight is 252 g/mol. The molecule has 0 unspecified atom stereocenters. The molecule has 0 amide bonds. The van der Waals surface area contributed by atoms with E-state index in [1.807, 2.05) is 31.5 Å². The third-order valence-corrected chi connectivity index (χ3v) is 3.54. The Labute approximate surface area is 112 Å². The molecule has 1 aromatic carbocycles. The molecule has 0 fully saturated rings. The lowest BCUT2D eigenvalue weighted by atomic mass is 10.0. The third-order valence-electron chi connectivity index (χ3n) is 3.54. The Kier molecular flexibility index (Phi) is 3.03. The summed E-state index contributed by atoms with van der Waals surface area (Å²) in [5.74, 6) is 0.0542. The molecule has 1 aliphatic carbocycles. The highest BCUT2D eigenvalue weighted by Crippen LogP contribution is 2.23. The molecule has 1 aromatic heterocycles. The minimum atomic E-state index is 0.0542. The fourth-order valence-electron chi connectivity index (χ4n) is 2.52. The van der Waals surface area contributed by atoms with Crippen molar-refractivity contribution < 1.29 is 4.79 Å². The van der Waals surface area contributed by atoms with Crippen LogP contribution in [0.2, 0.25) is 0 Å². The fourth-order valence-corrected chi connectivity index (χ4v) is 2.52. The Hall–Kier alpha value is -2.16. The second-order valence-corrected chi connectivity index (χ2v) is 4.98. The van der Waals surface area contributed by atoms with E-state index >= 15 is 0 Å². The van der Waals surface area contributed by atoms with Crippen LogP contribution < -0.4 is 0 Å². The monoisotopic (exact) mass is 252 g/mol. The second-order valence-electron chi connectivity index (χ2n) is 4.98. The predicted molar refractivity (Wildman–Crippen MR) is 75.0 cm³/mol. The first-order chi connectivity index (χ1) is 9.22. The van der Waals surface area contributed by atoms with Gasteiger partial charge in [-0.1, -0.05) is 12.1 Å². The summed E-state index contributed by atoms with van der Waals surface area (Å²) < 4.78 is 1.72. The first kappa shape index (κ1) is 11.9. The van der Waals surface area contributed by atoms with Crippen LogP contribution >= 0.6 is 0 Å². The van der Waals surface area contributed by atoms with Crippen molar-refractivity contribution in [2.45, 2.75) is 19.3 Å². The topological polar surface area (TPSA) is 34.9 Å². The van der Waals surface area contributed by atoms with Gasteiger partial charge in [0.2, 0.25) is 0 Å². The Morgan fingerprint density at radius 1 is 1.32 bits per heavy atom. The lowest BCUT2D eigenvalue weighted by molar-refractivity contribution is 0.104. The second kappa shape index (κ2) is 4.84.